The number of methoxy groups -OCH3 is 4. The molecule has 212 valence electrons. The first-order valence-electron chi connectivity index (χ1n) is 13.8. The normalized spacial score (nSPS) is 20.0. The smallest absolute Gasteiger partial charge is 0.339 e. The Bertz CT molecular complexity index is 1590. The van der Waals surface area contributed by atoms with E-state index in [9.17, 15) is 4.79 Å². The molecule has 6 rings (SSSR count). The van der Waals surface area contributed by atoms with E-state index in [4.69, 9.17) is 28.7 Å². The van der Waals surface area contributed by atoms with Crippen molar-refractivity contribution in [3.63, 3.8) is 0 Å². The van der Waals surface area contributed by atoms with Gasteiger partial charge in [0.1, 0.15) is 0 Å². The molecule has 0 aliphatic carbocycles. The van der Waals surface area contributed by atoms with E-state index in [0.717, 1.165) is 35.8 Å². The Kier molecular flexibility index (Phi) is 7.17. The number of ether oxygens (including phenoxy) is 5. The van der Waals surface area contributed by atoms with Crippen LogP contribution in [0.15, 0.2) is 66.9 Å². The summed E-state index contributed by atoms with van der Waals surface area (Å²) < 4.78 is 29.1. The van der Waals surface area contributed by atoms with Crippen LogP contribution < -0.4 is 18.9 Å². The third kappa shape index (κ3) is 4.72. The van der Waals surface area contributed by atoms with Gasteiger partial charge in [0.05, 0.1) is 39.7 Å². The monoisotopic (exact) mass is 554 g/mol. The molecule has 2 atom stereocenters. The van der Waals surface area contributed by atoms with E-state index in [-0.39, 0.29) is 12.0 Å². The van der Waals surface area contributed by atoms with Crippen LogP contribution in [0.1, 0.15) is 46.1 Å². The molecule has 4 aromatic rings. The zero-order valence-electron chi connectivity index (χ0n) is 23.8. The van der Waals surface area contributed by atoms with Gasteiger partial charge in [0.2, 0.25) is 0 Å². The number of rotatable bonds is 7. The molecule has 0 bridgehead atoms. The van der Waals surface area contributed by atoms with E-state index >= 15 is 0 Å². The number of piperidine rings is 1. The van der Waals surface area contributed by atoms with Crippen molar-refractivity contribution in [3.8, 4) is 23.0 Å². The van der Waals surface area contributed by atoms with Crippen LogP contribution >= 0.6 is 0 Å². The number of pyridine rings is 1. The summed E-state index contributed by atoms with van der Waals surface area (Å²) in [6.07, 6.45) is 3.82. The lowest BCUT2D eigenvalue weighted by Crippen LogP contribution is -2.49. The van der Waals surface area contributed by atoms with E-state index in [1.54, 1.807) is 46.8 Å². The molecule has 1 fully saturated rings. The predicted octanol–water partition coefficient (Wildman–Crippen LogP) is 5.71. The second-order valence-electron chi connectivity index (χ2n) is 10.5. The van der Waals surface area contributed by atoms with Crippen molar-refractivity contribution in [2.45, 2.75) is 30.9 Å². The van der Waals surface area contributed by atoms with Crippen molar-refractivity contribution in [1.29, 1.82) is 0 Å². The quantitative estimate of drug-likeness (QED) is 0.269. The van der Waals surface area contributed by atoms with Gasteiger partial charge in [0.25, 0.3) is 0 Å². The fourth-order valence-corrected chi connectivity index (χ4v) is 6.35. The van der Waals surface area contributed by atoms with Crippen molar-refractivity contribution < 1.29 is 28.5 Å². The molecule has 0 radical (unpaired) electrons. The van der Waals surface area contributed by atoms with Crippen LogP contribution in [0.25, 0.3) is 10.8 Å². The summed E-state index contributed by atoms with van der Waals surface area (Å²) in [6.45, 7) is 1.65. The third-order valence-electron chi connectivity index (χ3n) is 8.44. The molecule has 3 heterocycles. The molecule has 2 aliphatic rings. The number of carbonyl (C=O) groups is 1. The fraction of sp³-hybridized carbons (Fsp3) is 0.333. The van der Waals surface area contributed by atoms with Crippen LogP contribution in [-0.4, -0.2) is 57.4 Å². The highest BCUT2D eigenvalue weighted by Crippen LogP contribution is 2.50. The molecule has 8 heteroatoms. The lowest BCUT2D eigenvalue weighted by Gasteiger charge is -2.48. The summed E-state index contributed by atoms with van der Waals surface area (Å²) in [5.41, 5.74) is 2.60. The maximum atomic E-state index is 13.7. The molecule has 0 N–H and O–H groups in total. The Morgan fingerprint density at radius 1 is 0.854 bits per heavy atom. The SMILES string of the molecule is COc1cc2c(cc1OC)[C@@H]1C[C@@](OC(=O)c3ccccc3)(c3nccc4cc(OC)c(OC)cc34)CCN1CC2. The average Bonchev–Trinajstić information content (AvgIpc) is 3.03. The van der Waals surface area contributed by atoms with E-state index in [2.05, 4.69) is 17.0 Å². The second kappa shape index (κ2) is 10.9. The van der Waals surface area contributed by atoms with Gasteiger partial charge < -0.3 is 23.7 Å². The van der Waals surface area contributed by atoms with Crippen molar-refractivity contribution in [1.82, 2.24) is 9.88 Å². The number of benzene rings is 3. The van der Waals surface area contributed by atoms with Crippen LogP contribution in [-0.2, 0) is 16.8 Å². The van der Waals surface area contributed by atoms with E-state index in [0.29, 0.717) is 47.1 Å². The lowest BCUT2D eigenvalue weighted by molar-refractivity contribution is -0.0768. The number of nitrogens with zero attached hydrogens (tertiary/aromatic N) is 2. The Balaban J connectivity index is 1.51. The highest BCUT2D eigenvalue weighted by Gasteiger charge is 2.48. The van der Waals surface area contributed by atoms with Gasteiger partial charge in [-0.3, -0.25) is 9.88 Å². The second-order valence-corrected chi connectivity index (χ2v) is 10.5. The lowest BCUT2D eigenvalue weighted by atomic mass is 9.76. The predicted molar refractivity (Wildman–Crippen MR) is 155 cm³/mol. The van der Waals surface area contributed by atoms with Gasteiger partial charge >= 0.3 is 5.97 Å². The molecule has 3 aromatic carbocycles. The van der Waals surface area contributed by atoms with Gasteiger partial charge in [-0.2, -0.15) is 0 Å². The maximum Gasteiger partial charge on any atom is 0.339 e. The highest BCUT2D eigenvalue weighted by atomic mass is 16.6. The average molecular weight is 555 g/mol. The summed E-state index contributed by atoms with van der Waals surface area (Å²) in [5.74, 6) is 2.25. The van der Waals surface area contributed by atoms with Crippen LogP contribution in [0.3, 0.4) is 0 Å². The zero-order valence-corrected chi connectivity index (χ0v) is 23.8. The summed E-state index contributed by atoms with van der Waals surface area (Å²) in [7, 11) is 6.54. The molecule has 0 unspecified atom stereocenters. The van der Waals surface area contributed by atoms with Gasteiger partial charge in [0, 0.05) is 43.6 Å². The minimum absolute atomic E-state index is 0.00641. The Morgan fingerprint density at radius 3 is 2.27 bits per heavy atom. The van der Waals surface area contributed by atoms with E-state index in [1.807, 2.05) is 36.4 Å². The van der Waals surface area contributed by atoms with E-state index in [1.165, 1.54) is 5.56 Å². The number of carbonyl (C=O) groups excluding carboxylic acids is 1. The molecule has 0 amide bonds. The van der Waals surface area contributed by atoms with Gasteiger partial charge in [-0.05, 0) is 65.4 Å². The van der Waals surface area contributed by atoms with Crippen molar-refractivity contribution in [2.75, 3.05) is 41.5 Å². The Hall–Kier alpha value is -4.30. The summed E-state index contributed by atoms with van der Waals surface area (Å²) in [4.78, 5) is 21.1. The first-order valence-corrected chi connectivity index (χ1v) is 13.8. The Morgan fingerprint density at radius 2 is 1.54 bits per heavy atom. The van der Waals surface area contributed by atoms with Gasteiger partial charge in [-0.25, -0.2) is 4.79 Å². The standard InChI is InChI=1S/C33H34N2O6/c1-37-27-16-22-10-13-34-31(25(22)19-30(27)40-4)33(41-32(36)21-8-6-5-7-9-21)12-15-35-14-11-23-17-28(38-2)29(39-3)18-24(23)26(35)20-33/h5-10,13,16-19,26H,11-12,14-15,20H2,1-4H3/t26-,33+/m0/s1. The molecule has 8 nitrogen and oxygen atoms in total. The van der Waals surface area contributed by atoms with E-state index < -0.39 is 5.60 Å². The minimum Gasteiger partial charge on any atom is -0.493 e. The molecule has 1 saturated heterocycles. The molecule has 1 aromatic heterocycles. The summed E-state index contributed by atoms with van der Waals surface area (Å²) in [6, 6.07) is 19.1. The van der Waals surface area contributed by atoms with Crippen LogP contribution in [0, 0.1) is 0 Å². The van der Waals surface area contributed by atoms with Gasteiger partial charge in [-0.1, -0.05) is 18.2 Å². The number of aromatic nitrogens is 1. The molecule has 0 spiro atoms. The van der Waals surface area contributed by atoms with Gasteiger partial charge in [-0.15, -0.1) is 0 Å². The Labute approximate surface area is 239 Å². The molecule has 2 aliphatic heterocycles. The molecular weight excluding hydrogens is 520 g/mol. The number of fused-ring (bicyclic) bond motifs is 4. The third-order valence-corrected chi connectivity index (χ3v) is 8.44. The highest BCUT2D eigenvalue weighted by molar-refractivity contribution is 5.91. The first kappa shape index (κ1) is 26.9. The summed E-state index contributed by atoms with van der Waals surface area (Å²) >= 11 is 0. The summed E-state index contributed by atoms with van der Waals surface area (Å²) in [5, 5.41) is 1.79. The zero-order chi connectivity index (χ0) is 28.6. The van der Waals surface area contributed by atoms with Gasteiger partial charge in [0.15, 0.2) is 28.6 Å². The molecule has 41 heavy (non-hydrogen) atoms. The van der Waals surface area contributed by atoms with Crippen LogP contribution in [0.4, 0.5) is 0 Å². The molecular formula is C33H34N2O6. The van der Waals surface area contributed by atoms with Crippen molar-refractivity contribution in [2.24, 2.45) is 0 Å². The number of esters is 1. The van der Waals surface area contributed by atoms with Crippen molar-refractivity contribution in [3.05, 3.63) is 89.2 Å². The minimum atomic E-state index is -0.991. The topological polar surface area (TPSA) is 79.4 Å². The number of hydrogen-bond acceptors (Lipinski definition) is 8. The molecule has 0 saturated carbocycles. The van der Waals surface area contributed by atoms with Crippen molar-refractivity contribution >= 4 is 16.7 Å². The fourth-order valence-electron chi connectivity index (χ4n) is 6.35. The van der Waals surface area contributed by atoms with Crippen LogP contribution in [0.5, 0.6) is 23.0 Å². The maximum absolute atomic E-state index is 13.7. The number of hydrogen-bond donors (Lipinski definition) is 0. The first-order chi connectivity index (χ1) is 20.0. The van der Waals surface area contributed by atoms with Crippen LogP contribution in [0.2, 0.25) is 0 Å². The largest absolute Gasteiger partial charge is 0.493 e.